The monoisotopic (exact) mass is 399 g/mol. The molecule has 3 rings (SSSR count). The highest BCUT2D eigenvalue weighted by atomic mass is 32.2. The van der Waals surface area contributed by atoms with Gasteiger partial charge in [0.05, 0.1) is 11.5 Å². The molecule has 2 atom stereocenters. The van der Waals surface area contributed by atoms with Crippen LogP contribution in [0.1, 0.15) is 23.0 Å². The number of thiophene rings is 1. The molecule has 0 unspecified atom stereocenters. The number of carbonyl (C=O) groups excluding carboxylic acids is 2. The molecule has 26 heavy (non-hydrogen) atoms. The van der Waals surface area contributed by atoms with Gasteiger partial charge in [0.15, 0.2) is 15.9 Å². The summed E-state index contributed by atoms with van der Waals surface area (Å²) in [7, 11) is -1.60. The number of rotatable bonds is 4. The van der Waals surface area contributed by atoms with E-state index in [1.165, 1.54) is 37.1 Å². The van der Waals surface area contributed by atoms with Crippen LogP contribution in [-0.2, 0) is 19.4 Å². The Labute approximate surface area is 154 Å². The Morgan fingerprint density at radius 1 is 1.35 bits per heavy atom. The molecule has 0 radical (unpaired) electrons. The summed E-state index contributed by atoms with van der Waals surface area (Å²) in [5.41, 5.74) is 0. The third-order valence-electron chi connectivity index (χ3n) is 4.41. The molecule has 1 fully saturated rings. The summed E-state index contributed by atoms with van der Waals surface area (Å²) in [5.74, 6) is -1.53. The maximum absolute atomic E-state index is 13.2. The van der Waals surface area contributed by atoms with Crippen molar-refractivity contribution in [3.63, 3.8) is 0 Å². The Balaban J connectivity index is 1.66. The van der Waals surface area contributed by atoms with Gasteiger partial charge in [-0.2, -0.15) is 0 Å². The number of halogens is 1. The fourth-order valence-electron chi connectivity index (χ4n) is 2.93. The number of likely N-dealkylation sites (N-methyl/N-ethyl adjacent to an activating group) is 1. The second-order valence-electron chi connectivity index (χ2n) is 6.35. The Morgan fingerprint density at radius 2 is 2.08 bits per heavy atom. The fourth-order valence-corrected chi connectivity index (χ4v) is 5.63. The predicted molar refractivity (Wildman–Crippen MR) is 96.5 cm³/mol. The number of hydrogen-bond donors (Lipinski definition) is 0. The van der Waals surface area contributed by atoms with E-state index in [-0.39, 0.29) is 16.4 Å². The SMILES string of the molecule is C[C@H](OC(=O)c1cc2cc(F)ccc2s1)C(=O)N(C)[C@H]1CCS(=O)(=O)C1. The standard InChI is InChI=1S/C17H18FNO5S2/c1-10(16(20)19(2)13-5-6-26(22,23)9-13)24-17(21)15-8-11-7-12(18)3-4-14(11)25-15/h3-4,7-8,10,13H,5-6,9H2,1-2H3/t10-,13-/m0/s1. The first-order valence-electron chi connectivity index (χ1n) is 8.03. The maximum atomic E-state index is 13.2. The van der Waals surface area contributed by atoms with E-state index in [4.69, 9.17) is 4.74 Å². The highest BCUT2D eigenvalue weighted by Gasteiger charge is 2.35. The van der Waals surface area contributed by atoms with E-state index in [1.807, 2.05) is 0 Å². The number of carbonyl (C=O) groups is 2. The second kappa shape index (κ2) is 6.96. The summed E-state index contributed by atoms with van der Waals surface area (Å²) in [6.45, 7) is 1.45. The van der Waals surface area contributed by atoms with Crippen molar-refractivity contribution in [3.8, 4) is 0 Å². The molecule has 1 saturated heterocycles. The zero-order valence-corrected chi connectivity index (χ0v) is 15.9. The van der Waals surface area contributed by atoms with Gasteiger partial charge in [-0.15, -0.1) is 11.3 Å². The highest BCUT2D eigenvalue weighted by Crippen LogP contribution is 2.27. The summed E-state index contributed by atoms with van der Waals surface area (Å²) in [4.78, 5) is 26.3. The van der Waals surface area contributed by atoms with E-state index in [9.17, 15) is 22.4 Å². The van der Waals surface area contributed by atoms with Crippen LogP contribution in [0.15, 0.2) is 24.3 Å². The van der Waals surface area contributed by atoms with Gasteiger partial charge in [-0.1, -0.05) is 0 Å². The van der Waals surface area contributed by atoms with E-state index in [0.717, 1.165) is 16.0 Å². The van der Waals surface area contributed by atoms with Crippen LogP contribution in [0.2, 0.25) is 0 Å². The van der Waals surface area contributed by atoms with E-state index in [0.29, 0.717) is 11.8 Å². The second-order valence-corrected chi connectivity index (χ2v) is 9.66. The van der Waals surface area contributed by atoms with Crippen molar-refractivity contribution in [2.45, 2.75) is 25.5 Å². The Morgan fingerprint density at radius 3 is 2.73 bits per heavy atom. The first-order valence-corrected chi connectivity index (χ1v) is 10.7. The van der Waals surface area contributed by atoms with Crippen molar-refractivity contribution in [2.75, 3.05) is 18.6 Å². The lowest BCUT2D eigenvalue weighted by atomic mass is 10.2. The van der Waals surface area contributed by atoms with Crippen molar-refractivity contribution >= 4 is 43.1 Å². The molecule has 1 amide bonds. The van der Waals surface area contributed by atoms with Crippen LogP contribution in [0.5, 0.6) is 0 Å². The van der Waals surface area contributed by atoms with Crippen molar-refractivity contribution in [1.29, 1.82) is 0 Å². The van der Waals surface area contributed by atoms with Crippen LogP contribution in [-0.4, -0.2) is 55.9 Å². The number of nitrogens with zero attached hydrogens (tertiary/aromatic N) is 1. The molecule has 2 heterocycles. The zero-order chi connectivity index (χ0) is 19.1. The molecule has 0 spiro atoms. The Kier molecular flexibility index (Phi) is 5.03. The zero-order valence-electron chi connectivity index (χ0n) is 14.3. The minimum Gasteiger partial charge on any atom is -0.448 e. The van der Waals surface area contributed by atoms with Crippen LogP contribution >= 0.6 is 11.3 Å². The average molecular weight is 399 g/mol. The van der Waals surface area contributed by atoms with Crippen LogP contribution < -0.4 is 0 Å². The molecule has 2 aromatic rings. The van der Waals surface area contributed by atoms with Gasteiger partial charge in [0.2, 0.25) is 0 Å². The number of amides is 1. The molecular weight excluding hydrogens is 381 g/mol. The summed E-state index contributed by atoms with van der Waals surface area (Å²) >= 11 is 1.16. The summed E-state index contributed by atoms with van der Waals surface area (Å²) in [5, 5.41) is 0.592. The van der Waals surface area contributed by atoms with Gasteiger partial charge in [0.25, 0.3) is 5.91 Å². The van der Waals surface area contributed by atoms with Gasteiger partial charge in [0.1, 0.15) is 10.7 Å². The molecule has 140 valence electrons. The third kappa shape index (κ3) is 3.88. The smallest absolute Gasteiger partial charge is 0.349 e. The van der Waals surface area contributed by atoms with Gasteiger partial charge in [-0.05, 0) is 43.0 Å². The largest absolute Gasteiger partial charge is 0.448 e. The van der Waals surface area contributed by atoms with Crippen molar-refractivity contribution in [3.05, 3.63) is 35.0 Å². The fraction of sp³-hybridized carbons (Fsp3) is 0.412. The number of benzene rings is 1. The average Bonchev–Trinajstić information content (AvgIpc) is 3.15. The molecule has 1 aliphatic heterocycles. The van der Waals surface area contributed by atoms with Gasteiger partial charge >= 0.3 is 5.97 Å². The quantitative estimate of drug-likeness (QED) is 0.737. The molecular formula is C17H18FNO5S2. The number of sulfone groups is 1. The van der Waals surface area contributed by atoms with E-state index in [2.05, 4.69) is 0 Å². The minimum atomic E-state index is -3.11. The topological polar surface area (TPSA) is 80.8 Å². The van der Waals surface area contributed by atoms with Gasteiger partial charge in [0, 0.05) is 17.8 Å². The first-order chi connectivity index (χ1) is 12.2. The van der Waals surface area contributed by atoms with Crippen molar-refractivity contribution in [1.82, 2.24) is 4.90 Å². The maximum Gasteiger partial charge on any atom is 0.349 e. The molecule has 9 heteroatoms. The summed E-state index contributed by atoms with van der Waals surface area (Å²) < 4.78 is 42.3. The Bertz CT molecular complexity index is 969. The van der Waals surface area contributed by atoms with Crippen molar-refractivity contribution < 1.29 is 27.1 Å². The molecule has 0 bridgehead atoms. The van der Waals surface area contributed by atoms with Gasteiger partial charge in [-0.3, -0.25) is 4.79 Å². The number of ether oxygens (including phenoxy) is 1. The van der Waals surface area contributed by atoms with Crippen LogP contribution in [0.4, 0.5) is 4.39 Å². The number of esters is 1. The lowest BCUT2D eigenvalue weighted by molar-refractivity contribution is -0.140. The van der Waals surface area contributed by atoms with Crippen LogP contribution in [0.25, 0.3) is 10.1 Å². The van der Waals surface area contributed by atoms with E-state index in [1.54, 1.807) is 6.07 Å². The van der Waals surface area contributed by atoms with Crippen LogP contribution in [0.3, 0.4) is 0 Å². The number of fused-ring (bicyclic) bond motifs is 1. The molecule has 0 aliphatic carbocycles. The first kappa shape index (κ1) is 18.8. The molecule has 1 aromatic heterocycles. The molecule has 1 aliphatic rings. The number of hydrogen-bond acceptors (Lipinski definition) is 6. The summed E-state index contributed by atoms with van der Waals surface area (Å²) in [6.07, 6.45) is -0.662. The molecule has 6 nitrogen and oxygen atoms in total. The lowest BCUT2D eigenvalue weighted by Crippen LogP contribution is -2.44. The Hall–Kier alpha value is -2.00. The van der Waals surface area contributed by atoms with Crippen molar-refractivity contribution in [2.24, 2.45) is 0 Å². The highest BCUT2D eigenvalue weighted by molar-refractivity contribution is 7.91. The molecule has 1 aromatic carbocycles. The third-order valence-corrected chi connectivity index (χ3v) is 7.26. The normalized spacial score (nSPS) is 20.0. The minimum absolute atomic E-state index is 0.0573. The molecule has 0 saturated carbocycles. The lowest BCUT2D eigenvalue weighted by Gasteiger charge is -2.26. The van der Waals surface area contributed by atoms with E-state index < -0.39 is 39.7 Å². The van der Waals surface area contributed by atoms with Gasteiger partial charge < -0.3 is 9.64 Å². The predicted octanol–water partition coefficient (Wildman–Crippen LogP) is 2.23. The van der Waals surface area contributed by atoms with Gasteiger partial charge in [-0.25, -0.2) is 17.6 Å². The summed E-state index contributed by atoms with van der Waals surface area (Å²) in [6, 6.07) is 5.34. The molecule has 0 N–H and O–H groups in total. The van der Waals surface area contributed by atoms with Crippen LogP contribution in [0, 0.1) is 5.82 Å². The van der Waals surface area contributed by atoms with E-state index >= 15 is 0 Å².